The molecule has 5 aromatic rings. The SMILES string of the molecule is Cc1nc2cnc(N3CC4(C3)CN(C3(C)CC3)C4)c(C#N)c2c(=O)n1CCOc1ccc(Cl)cc1-c1ccnc2c(C(=O)O)csc12. The highest BCUT2D eigenvalue weighted by Gasteiger charge is 2.59. The molecule has 2 aliphatic heterocycles. The second-order valence-corrected chi connectivity index (χ2v) is 14.4. The first kappa shape index (κ1) is 29.8. The van der Waals surface area contributed by atoms with Crippen LogP contribution < -0.4 is 15.2 Å². The van der Waals surface area contributed by atoms with Gasteiger partial charge in [-0.2, -0.15) is 5.26 Å². The quantitative estimate of drug-likeness (QED) is 0.230. The smallest absolute Gasteiger partial charge is 0.338 e. The lowest BCUT2D eigenvalue weighted by molar-refractivity contribution is -0.0543. The summed E-state index contributed by atoms with van der Waals surface area (Å²) in [6, 6.07) is 9.30. The Morgan fingerprint density at radius 2 is 1.96 bits per heavy atom. The molecule has 1 aromatic carbocycles. The van der Waals surface area contributed by atoms with Crippen LogP contribution in [0.1, 0.15) is 41.5 Å². The van der Waals surface area contributed by atoms with Crippen LogP contribution >= 0.6 is 22.9 Å². The van der Waals surface area contributed by atoms with Crippen LogP contribution in [0.25, 0.3) is 32.2 Å². The number of rotatable bonds is 8. The maximum atomic E-state index is 13.9. The topological polar surface area (TPSA) is 137 Å². The predicted molar refractivity (Wildman–Crippen MR) is 180 cm³/mol. The van der Waals surface area contributed by atoms with E-state index in [0.717, 1.165) is 31.7 Å². The Bertz CT molecular complexity index is 2220. The summed E-state index contributed by atoms with van der Waals surface area (Å²) >= 11 is 7.67. The number of pyridine rings is 2. The number of carboxylic acid groups (broad SMARTS) is 1. The second kappa shape index (κ2) is 10.7. The van der Waals surface area contributed by atoms with Gasteiger partial charge in [-0.05, 0) is 51.0 Å². The summed E-state index contributed by atoms with van der Waals surface area (Å²) in [6.07, 6.45) is 5.69. The Labute approximate surface area is 278 Å². The summed E-state index contributed by atoms with van der Waals surface area (Å²) in [4.78, 5) is 43.9. The van der Waals surface area contributed by atoms with E-state index in [2.05, 4.69) is 37.7 Å². The van der Waals surface area contributed by atoms with Gasteiger partial charge in [-0.25, -0.2) is 14.8 Å². The molecule has 238 valence electrons. The summed E-state index contributed by atoms with van der Waals surface area (Å²) in [7, 11) is 0. The fourth-order valence-corrected chi connectivity index (χ4v) is 8.26. The number of benzene rings is 1. The van der Waals surface area contributed by atoms with E-state index in [4.69, 9.17) is 16.3 Å². The van der Waals surface area contributed by atoms with E-state index in [1.165, 1.54) is 28.7 Å². The number of hydrogen-bond acceptors (Lipinski definition) is 10. The number of aromatic carboxylic acids is 1. The molecule has 0 amide bonds. The minimum absolute atomic E-state index is 0.130. The van der Waals surface area contributed by atoms with Gasteiger partial charge in [0.2, 0.25) is 0 Å². The van der Waals surface area contributed by atoms with Crippen molar-refractivity contribution in [2.24, 2.45) is 5.41 Å². The molecule has 47 heavy (non-hydrogen) atoms. The summed E-state index contributed by atoms with van der Waals surface area (Å²) in [6.45, 7) is 8.19. The van der Waals surface area contributed by atoms with Gasteiger partial charge in [-0.3, -0.25) is 19.2 Å². The first-order valence-corrected chi connectivity index (χ1v) is 16.7. The Balaban J connectivity index is 1.05. The molecule has 3 aliphatic rings. The van der Waals surface area contributed by atoms with Gasteiger partial charge >= 0.3 is 5.97 Å². The molecule has 0 unspecified atom stereocenters. The van der Waals surface area contributed by atoms with Gasteiger partial charge in [-0.1, -0.05) is 11.6 Å². The van der Waals surface area contributed by atoms with Crippen molar-refractivity contribution in [3.63, 3.8) is 0 Å². The number of carboxylic acids is 1. The van der Waals surface area contributed by atoms with E-state index in [1.54, 1.807) is 49.0 Å². The van der Waals surface area contributed by atoms with Crippen molar-refractivity contribution < 1.29 is 14.6 Å². The molecule has 1 saturated carbocycles. The number of fused-ring (bicyclic) bond motifs is 2. The maximum Gasteiger partial charge on any atom is 0.338 e. The van der Waals surface area contributed by atoms with Crippen LogP contribution in [-0.2, 0) is 6.54 Å². The van der Waals surface area contributed by atoms with Gasteiger partial charge in [0.05, 0.1) is 39.4 Å². The lowest BCUT2D eigenvalue weighted by Crippen LogP contribution is -2.74. The summed E-state index contributed by atoms with van der Waals surface area (Å²) in [5, 5.41) is 22.2. The number of halogens is 1. The minimum Gasteiger partial charge on any atom is -0.491 e. The van der Waals surface area contributed by atoms with E-state index in [-0.39, 0.29) is 40.6 Å². The summed E-state index contributed by atoms with van der Waals surface area (Å²) < 4.78 is 8.47. The number of likely N-dealkylation sites (tertiary alicyclic amines) is 1. The fourth-order valence-electron chi connectivity index (χ4n) is 7.06. The third kappa shape index (κ3) is 4.83. The highest BCUT2D eigenvalue weighted by atomic mass is 35.5. The number of carbonyl (C=O) groups is 1. The third-order valence-corrected chi connectivity index (χ3v) is 11.2. The summed E-state index contributed by atoms with van der Waals surface area (Å²) in [5.74, 6) is 0.509. The Morgan fingerprint density at radius 3 is 2.68 bits per heavy atom. The van der Waals surface area contributed by atoms with Gasteiger partial charge in [0.1, 0.15) is 35.6 Å². The number of hydrogen-bond donors (Lipinski definition) is 1. The molecule has 11 nitrogen and oxygen atoms in total. The zero-order valence-corrected chi connectivity index (χ0v) is 27.4. The van der Waals surface area contributed by atoms with Crippen LogP contribution in [0.4, 0.5) is 5.82 Å². The van der Waals surface area contributed by atoms with E-state index >= 15 is 0 Å². The predicted octanol–water partition coefficient (Wildman–Crippen LogP) is 5.35. The lowest BCUT2D eigenvalue weighted by atomic mass is 9.71. The monoisotopic (exact) mass is 667 g/mol. The van der Waals surface area contributed by atoms with E-state index in [1.807, 2.05) is 0 Å². The lowest BCUT2D eigenvalue weighted by Gasteiger charge is -2.62. The Kier molecular flexibility index (Phi) is 6.81. The van der Waals surface area contributed by atoms with Crippen molar-refractivity contribution in [1.82, 2.24) is 24.4 Å². The molecule has 4 aromatic heterocycles. The molecule has 0 bridgehead atoms. The molecular formula is C34H30ClN7O4S. The van der Waals surface area contributed by atoms with Crippen LogP contribution in [0.15, 0.2) is 46.8 Å². The minimum atomic E-state index is -1.04. The number of thiophene rings is 1. The van der Waals surface area contributed by atoms with Crippen molar-refractivity contribution in [3.8, 4) is 22.9 Å². The number of anilines is 1. The van der Waals surface area contributed by atoms with Crippen LogP contribution in [0.5, 0.6) is 5.75 Å². The molecule has 2 saturated heterocycles. The number of aromatic nitrogens is 4. The standard InChI is InChI=1S/C34H30ClN7O4S/c1-19-39-25-13-38-30(40-15-34(16-40)17-41(18-34)33(2)6-7-33)23(12-36)27(25)31(43)42(19)9-10-46-26-4-3-20(35)11-22(26)21-5-8-37-28-24(32(44)45)14-47-29(21)28/h3-5,8,11,13-14H,6-7,9-10,15-18H2,1-2H3,(H,44,45). The fraction of sp³-hybridized carbons (Fsp3) is 0.353. The molecule has 6 heterocycles. The maximum absolute atomic E-state index is 13.9. The highest BCUT2D eigenvalue weighted by molar-refractivity contribution is 7.18. The van der Waals surface area contributed by atoms with Crippen molar-refractivity contribution in [3.05, 3.63) is 74.4 Å². The van der Waals surface area contributed by atoms with Crippen molar-refractivity contribution >= 4 is 55.8 Å². The molecule has 0 atom stereocenters. The van der Waals surface area contributed by atoms with Gasteiger partial charge in [0.25, 0.3) is 5.56 Å². The number of nitrogens with zero attached hydrogens (tertiary/aromatic N) is 7. The molecular weight excluding hydrogens is 638 g/mol. The van der Waals surface area contributed by atoms with Crippen molar-refractivity contribution in [2.45, 2.75) is 38.8 Å². The molecule has 1 aliphatic carbocycles. The van der Waals surface area contributed by atoms with E-state index < -0.39 is 5.97 Å². The first-order chi connectivity index (χ1) is 22.6. The van der Waals surface area contributed by atoms with Gasteiger partial charge in [0.15, 0.2) is 0 Å². The van der Waals surface area contributed by atoms with Crippen molar-refractivity contribution in [2.75, 3.05) is 37.7 Å². The summed E-state index contributed by atoms with van der Waals surface area (Å²) in [5.41, 5.74) is 2.92. The van der Waals surface area contributed by atoms with E-state index in [9.17, 15) is 20.0 Å². The Morgan fingerprint density at radius 1 is 1.17 bits per heavy atom. The zero-order chi connectivity index (χ0) is 32.7. The number of ether oxygens (including phenoxy) is 1. The molecule has 0 radical (unpaired) electrons. The van der Waals surface area contributed by atoms with Crippen LogP contribution in [0, 0.1) is 23.7 Å². The van der Waals surface area contributed by atoms with Crippen LogP contribution in [0.2, 0.25) is 5.02 Å². The number of aryl methyl sites for hydroxylation is 1. The van der Waals surface area contributed by atoms with Crippen LogP contribution in [0.3, 0.4) is 0 Å². The first-order valence-electron chi connectivity index (χ1n) is 15.4. The van der Waals surface area contributed by atoms with Crippen molar-refractivity contribution in [1.29, 1.82) is 5.26 Å². The number of nitriles is 1. The molecule has 1 spiro atoms. The zero-order valence-electron chi connectivity index (χ0n) is 25.8. The Hall–Kier alpha value is -4.57. The molecule has 3 fully saturated rings. The third-order valence-electron chi connectivity index (χ3n) is 9.91. The largest absolute Gasteiger partial charge is 0.491 e. The molecule has 1 N–H and O–H groups in total. The average Bonchev–Trinajstić information content (AvgIpc) is 3.59. The van der Waals surface area contributed by atoms with Crippen LogP contribution in [-0.4, -0.2) is 73.8 Å². The highest BCUT2D eigenvalue weighted by Crippen LogP contribution is 2.51. The van der Waals surface area contributed by atoms with Gasteiger partial charge < -0.3 is 14.7 Å². The average molecular weight is 668 g/mol. The van der Waals surface area contributed by atoms with Gasteiger partial charge in [0, 0.05) is 64.9 Å². The molecule has 13 heteroatoms. The second-order valence-electron chi connectivity index (χ2n) is 13.1. The normalized spacial score (nSPS) is 17.8. The molecule has 8 rings (SSSR count). The van der Waals surface area contributed by atoms with E-state index in [0.29, 0.717) is 49.3 Å². The van der Waals surface area contributed by atoms with Gasteiger partial charge in [-0.15, -0.1) is 11.3 Å².